The number of nitrogens with zero attached hydrogens (tertiary/aromatic N) is 2. The van der Waals surface area contributed by atoms with Crippen molar-refractivity contribution >= 4 is 11.9 Å². The first-order valence-electron chi connectivity index (χ1n) is 9.99. The maximum Gasteiger partial charge on any atom is 0.329 e. The maximum absolute atomic E-state index is 13.5. The van der Waals surface area contributed by atoms with E-state index in [1.165, 1.54) is 7.11 Å². The summed E-state index contributed by atoms with van der Waals surface area (Å²) in [4.78, 5) is 26.8. The van der Waals surface area contributed by atoms with Gasteiger partial charge in [-0.2, -0.15) is 9.83 Å². The lowest BCUT2D eigenvalue weighted by molar-refractivity contribution is -0.715. The van der Waals surface area contributed by atoms with Gasteiger partial charge in [0.25, 0.3) is 5.91 Å². The highest BCUT2D eigenvalue weighted by Gasteiger charge is 2.65. The van der Waals surface area contributed by atoms with Crippen LogP contribution in [0.2, 0.25) is 0 Å². The second-order valence-electron chi connectivity index (χ2n) is 7.48. The number of aromatic nitrogens is 1. The van der Waals surface area contributed by atoms with Gasteiger partial charge in [0, 0.05) is 12.1 Å². The van der Waals surface area contributed by atoms with Gasteiger partial charge in [-0.15, -0.1) is 0 Å². The average Bonchev–Trinajstić information content (AvgIpc) is 2.84. The third kappa shape index (κ3) is 3.78. The van der Waals surface area contributed by atoms with Crippen LogP contribution >= 0.6 is 0 Å². The number of ether oxygens (including phenoxy) is 1. The van der Waals surface area contributed by atoms with E-state index in [1.54, 1.807) is 29.1 Å². The van der Waals surface area contributed by atoms with Gasteiger partial charge in [-0.3, -0.25) is 9.59 Å². The van der Waals surface area contributed by atoms with Crippen molar-refractivity contribution in [2.45, 2.75) is 18.0 Å². The molecule has 1 aromatic heterocycles. The molecule has 1 N–H and O–H groups in total. The zero-order chi connectivity index (χ0) is 21.8. The highest BCUT2D eigenvalue weighted by Crippen LogP contribution is 2.53. The van der Waals surface area contributed by atoms with Crippen LogP contribution in [0.1, 0.15) is 29.1 Å². The molecule has 162 valence electrons. The molecule has 2 aromatic carbocycles. The molecule has 7 heteroatoms. The van der Waals surface area contributed by atoms with E-state index in [-0.39, 0.29) is 22.9 Å². The lowest BCUT2D eigenvalue weighted by Crippen LogP contribution is -3.00. The monoisotopic (exact) mass is 491 g/mol. The Morgan fingerprint density at radius 1 is 0.969 bits per heavy atom. The van der Waals surface area contributed by atoms with Gasteiger partial charge in [-0.25, -0.2) is 0 Å². The number of methoxy groups -OCH3 is 1. The first-order chi connectivity index (χ1) is 15.1. The van der Waals surface area contributed by atoms with Crippen molar-refractivity contribution in [3.8, 4) is 6.07 Å². The Morgan fingerprint density at radius 3 is 2.03 bits per heavy atom. The first-order valence-corrected chi connectivity index (χ1v) is 9.99. The van der Waals surface area contributed by atoms with Crippen molar-refractivity contribution in [1.82, 2.24) is 5.32 Å². The van der Waals surface area contributed by atoms with Gasteiger partial charge < -0.3 is 27.0 Å². The molecule has 4 rings (SSSR count). The SMILES string of the molecule is COC(=O)C1(C#N)C(c2ccccc2)NC(=O)C([n+]2ccccc2)C1c1ccccc1.[Br-]. The summed E-state index contributed by atoms with van der Waals surface area (Å²) >= 11 is 0. The highest BCUT2D eigenvalue weighted by atomic mass is 79.9. The van der Waals surface area contributed by atoms with Crippen molar-refractivity contribution in [1.29, 1.82) is 5.26 Å². The average molecular weight is 492 g/mol. The summed E-state index contributed by atoms with van der Waals surface area (Å²) in [5.41, 5.74) is -0.300. The number of carbonyl (C=O) groups is 2. The number of rotatable bonds is 4. The Labute approximate surface area is 197 Å². The van der Waals surface area contributed by atoms with Crippen LogP contribution < -0.4 is 26.9 Å². The molecule has 32 heavy (non-hydrogen) atoms. The number of carbonyl (C=O) groups excluding carboxylic acids is 2. The molecule has 0 bridgehead atoms. The standard InChI is InChI=1S/C25H21N3O3.BrH/c1-31-24(30)25(17-26)20(18-11-5-2-6-12-18)21(28-15-9-4-10-16-28)23(29)27-22(25)19-13-7-3-8-14-19;/h2-16,20-22H,1H3;1H. The van der Waals surface area contributed by atoms with Gasteiger partial charge in [0.15, 0.2) is 17.8 Å². The van der Waals surface area contributed by atoms with Gasteiger partial charge in [0.05, 0.1) is 25.1 Å². The summed E-state index contributed by atoms with van der Waals surface area (Å²) in [5, 5.41) is 13.5. The predicted octanol–water partition coefficient (Wildman–Crippen LogP) is -0.143. The minimum Gasteiger partial charge on any atom is -1.00 e. The fourth-order valence-electron chi connectivity index (χ4n) is 4.52. The number of hydrogen-bond donors (Lipinski definition) is 1. The number of benzene rings is 2. The summed E-state index contributed by atoms with van der Waals surface area (Å²) < 4.78 is 6.92. The summed E-state index contributed by atoms with van der Waals surface area (Å²) in [5.74, 6) is -1.73. The van der Waals surface area contributed by atoms with Gasteiger partial charge in [0.2, 0.25) is 6.04 Å². The molecule has 3 aromatic rings. The fourth-order valence-corrected chi connectivity index (χ4v) is 4.52. The summed E-state index contributed by atoms with van der Waals surface area (Å²) in [6.07, 6.45) is 3.53. The Bertz CT molecular complexity index is 1120. The number of pyridine rings is 1. The van der Waals surface area contributed by atoms with Crippen molar-refractivity contribution in [3.05, 3.63) is 102 Å². The van der Waals surface area contributed by atoms with Crippen LogP contribution in [0.15, 0.2) is 91.3 Å². The molecule has 0 spiro atoms. The Hall–Kier alpha value is -3.50. The van der Waals surface area contributed by atoms with E-state index in [4.69, 9.17) is 4.74 Å². The van der Waals surface area contributed by atoms with Crippen LogP contribution in [-0.4, -0.2) is 19.0 Å². The lowest BCUT2D eigenvalue weighted by Gasteiger charge is -2.44. The van der Waals surface area contributed by atoms with Crippen LogP contribution in [0.3, 0.4) is 0 Å². The topological polar surface area (TPSA) is 83.1 Å². The molecule has 0 aliphatic carbocycles. The van der Waals surface area contributed by atoms with E-state index >= 15 is 0 Å². The molecule has 1 aliphatic rings. The third-order valence-electron chi connectivity index (χ3n) is 5.88. The predicted molar refractivity (Wildman–Crippen MR) is 112 cm³/mol. The Kier molecular flexibility index (Phi) is 7.06. The largest absolute Gasteiger partial charge is 1.00 e. The smallest absolute Gasteiger partial charge is 0.329 e. The zero-order valence-electron chi connectivity index (χ0n) is 17.4. The third-order valence-corrected chi connectivity index (χ3v) is 5.88. The fraction of sp³-hybridized carbons (Fsp3) is 0.200. The minimum absolute atomic E-state index is 0. The molecule has 2 heterocycles. The second-order valence-corrected chi connectivity index (χ2v) is 7.48. The number of nitriles is 1. The number of halogens is 1. The summed E-state index contributed by atoms with van der Waals surface area (Å²) in [7, 11) is 1.27. The van der Waals surface area contributed by atoms with Gasteiger partial charge in [0.1, 0.15) is 0 Å². The highest BCUT2D eigenvalue weighted by molar-refractivity contribution is 5.90. The number of amides is 1. The van der Waals surface area contributed by atoms with Crippen molar-refractivity contribution in [3.63, 3.8) is 0 Å². The number of esters is 1. The molecular weight excluding hydrogens is 470 g/mol. The van der Waals surface area contributed by atoms with Crippen molar-refractivity contribution < 1.29 is 35.9 Å². The van der Waals surface area contributed by atoms with Gasteiger partial charge >= 0.3 is 5.97 Å². The molecule has 1 saturated heterocycles. The van der Waals surface area contributed by atoms with Gasteiger partial charge in [-0.1, -0.05) is 66.7 Å². The van der Waals surface area contributed by atoms with Crippen LogP contribution in [0.4, 0.5) is 0 Å². The molecule has 0 saturated carbocycles. The zero-order valence-corrected chi connectivity index (χ0v) is 19.0. The quantitative estimate of drug-likeness (QED) is 0.406. The first kappa shape index (κ1) is 23.2. The molecule has 4 atom stereocenters. The normalized spacial score (nSPS) is 24.4. The molecule has 4 unspecified atom stereocenters. The Balaban J connectivity index is 0.00000289. The van der Waals surface area contributed by atoms with Crippen molar-refractivity contribution in [2.24, 2.45) is 5.41 Å². The van der Waals surface area contributed by atoms with E-state index in [0.717, 1.165) is 0 Å². The lowest BCUT2D eigenvalue weighted by atomic mass is 9.61. The van der Waals surface area contributed by atoms with E-state index in [9.17, 15) is 14.9 Å². The molecule has 6 nitrogen and oxygen atoms in total. The number of hydrogen-bond acceptors (Lipinski definition) is 4. The number of nitrogens with one attached hydrogen (secondary N) is 1. The van der Waals surface area contributed by atoms with E-state index in [1.807, 2.05) is 66.7 Å². The van der Waals surface area contributed by atoms with Gasteiger partial charge in [-0.05, 0) is 11.1 Å². The number of piperidine rings is 1. The molecular formula is C25H22BrN3O3. The molecule has 1 amide bonds. The van der Waals surface area contributed by atoms with Crippen LogP contribution in [0.25, 0.3) is 0 Å². The van der Waals surface area contributed by atoms with Crippen molar-refractivity contribution in [2.75, 3.05) is 7.11 Å². The van der Waals surface area contributed by atoms with E-state index < -0.39 is 29.4 Å². The van der Waals surface area contributed by atoms with Crippen LogP contribution in [0, 0.1) is 16.7 Å². The minimum atomic E-state index is -1.68. The summed E-state index contributed by atoms with van der Waals surface area (Å²) in [6, 6.07) is 24.4. The molecule has 0 radical (unpaired) electrons. The van der Waals surface area contributed by atoms with E-state index in [0.29, 0.717) is 11.1 Å². The Morgan fingerprint density at radius 2 is 1.50 bits per heavy atom. The maximum atomic E-state index is 13.5. The van der Waals surface area contributed by atoms with E-state index in [2.05, 4.69) is 11.4 Å². The summed E-state index contributed by atoms with van der Waals surface area (Å²) in [6.45, 7) is 0. The van der Waals surface area contributed by atoms with Crippen LogP contribution in [-0.2, 0) is 14.3 Å². The molecule has 1 fully saturated rings. The molecule has 1 aliphatic heterocycles. The van der Waals surface area contributed by atoms with Crippen LogP contribution in [0.5, 0.6) is 0 Å². The second kappa shape index (κ2) is 9.75.